The number of hydrogen-bond donors (Lipinski definition) is 0. The van der Waals surface area contributed by atoms with Gasteiger partial charge in [-0.3, -0.25) is 4.79 Å². The number of halogens is 3. The van der Waals surface area contributed by atoms with Crippen molar-refractivity contribution in [3.8, 4) is 11.5 Å². The molecule has 10 heteroatoms. The molecule has 0 spiro atoms. The van der Waals surface area contributed by atoms with E-state index in [0.29, 0.717) is 26.3 Å². The highest BCUT2D eigenvalue weighted by molar-refractivity contribution is 7.99. The molecule has 0 aromatic carbocycles. The maximum atomic E-state index is 13.1. The van der Waals surface area contributed by atoms with Crippen LogP contribution in [0.5, 0.6) is 0 Å². The van der Waals surface area contributed by atoms with Crippen LogP contribution < -0.4 is 0 Å². The summed E-state index contributed by atoms with van der Waals surface area (Å²) in [6, 6.07) is 3.94. The number of carbonyl (C=O) groups is 1. The lowest BCUT2D eigenvalue weighted by molar-refractivity contribution is -0.141. The molecule has 1 aliphatic rings. The maximum absolute atomic E-state index is 13.1. The molecule has 0 radical (unpaired) electrons. The summed E-state index contributed by atoms with van der Waals surface area (Å²) in [6.07, 6.45) is -3.04. The first-order valence-electron chi connectivity index (χ1n) is 7.92. The normalized spacial score (nSPS) is 15.3. The Bertz CT molecular complexity index is 747. The number of aromatic nitrogens is 2. The molecule has 0 bridgehead atoms. The molecule has 0 aliphatic carbocycles. The molecule has 1 fully saturated rings. The summed E-state index contributed by atoms with van der Waals surface area (Å²) in [7, 11) is 0. The minimum atomic E-state index is -4.59. The molecule has 0 atom stereocenters. The van der Waals surface area contributed by atoms with E-state index < -0.39 is 11.9 Å². The molecule has 6 nitrogen and oxygen atoms in total. The zero-order chi connectivity index (χ0) is 18.6. The molecular weight excluding hydrogens is 371 g/mol. The number of amides is 1. The van der Waals surface area contributed by atoms with Crippen LogP contribution in [0.25, 0.3) is 11.5 Å². The quantitative estimate of drug-likeness (QED) is 0.580. The molecule has 1 saturated heterocycles. The van der Waals surface area contributed by atoms with Crippen molar-refractivity contribution in [3.05, 3.63) is 30.2 Å². The van der Waals surface area contributed by atoms with Gasteiger partial charge in [0, 0.05) is 25.3 Å². The van der Waals surface area contributed by atoms with Crippen LogP contribution in [0.3, 0.4) is 0 Å². The van der Waals surface area contributed by atoms with Gasteiger partial charge >= 0.3 is 6.18 Å². The molecule has 0 N–H and O–H groups in total. The highest BCUT2D eigenvalue weighted by Crippen LogP contribution is 2.32. The number of furan rings is 1. The van der Waals surface area contributed by atoms with Crippen molar-refractivity contribution in [3.63, 3.8) is 0 Å². The van der Waals surface area contributed by atoms with Crippen molar-refractivity contribution >= 4 is 17.7 Å². The Hall–Kier alpha value is -2.07. The second kappa shape index (κ2) is 8.09. The van der Waals surface area contributed by atoms with E-state index >= 15 is 0 Å². The van der Waals surface area contributed by atoms with Crippen LogP contribution in [0.4, 0.5) is 13.2 Å². The molecule has 1 aliphatic heterocycles. The Morgan fingerprint density at radius 2 is 2.04 bits per heavy atom. The highest BCUT2D eigenvalue weighted by Gasteiger charge is 2.34. The summed E-state index contributed by atoms with van der Waals surface area (Å²) < 4.78 is 49.5. The van der Waals surface area contributed by atoms with Crippen LogP contribution in [0.2, 0.25) is 0 Å². The summed E-state index contributed by atoms with van der Waals surface area (Å²) >= 11 is 1.01. The summed E-state index contributed by atoms with van der Waals surface area (Å²) in [5.41, 5.74) is -0.986. The second-order valence-corrected chi connectivity index (χ2v) is 6.55. The first kappa shape index (κ1) is 18.7. The van der Waals surface area contributed by atoms with Gasteiger partial charge in [-0.1, -0.05) is 11.8 Å². The van der Waals surface area contributed by atoms with Crippen LogP contribution in [-0.2, 0) is 15.7 Å². The summed E-state index contributed by atoms with van der Waals surface area (Å²) in [5, 5.41) is -0.0407. The zero-order valence-electron chi connectivity index (χ0n) is 13.7. The number of hydrogen-bond acceptors (Lipinski definition) is 6. The topological polar surface area (TPSA) is 68.5 Å². The molecule has 3 heterocycles. The standard InChI is InChI=1S/C16H16F3N3O3S/c17-16(18,19)13-10-11(12-2-1-6-25-12)20-15(21-13)26-9-3-14(23)22-4-7-24-8-5-22/h1-2,6,10H,3-5,7-9H2. The summed E-state index contributed by atoms with van der Waals surface area (Å²) in [5.74, 6) is 0.456. The second-order valence-electron chi connectivity index (χ2n) is 5.49. The number of thioether (sulfide) groups is 1. The number of nitrogens with zero attached hydrogens (tertiary/aromatic N) is 3. The van der Waals surface area contributed by atoms with E-state index in [9.17, 15) is 18.0 Å². The molecule has 2 aromatic heterocycles. The van der Waals surface area contributed by atoms with Crippen LogP contribution in [-0.4, -0.2) is 52.8 Å². The maximum Gasteiger partial charge on any atom is 0.433 e. The minimum Gasteiger partial charge on any atom is -0.463 e. The minimum absolute atomic E-state index is 0.0407. The van der Waals surface area contributed by atoms with Gasteiger partial charge in [0.05, 0.1) is 19.5 Å². The van der Waals surface area contributed by atoms with Crippen molar-refractivity contribution in [1.29, 1.82) is 0 Å². The first-order chi connectivity index (χ1) is 12.4. The molecule has 140 valence electrons. The lowest BCUT2D eigenvalue weighted by Crippen LogP contribution is -2.40. The van der Waals surface area contributed by atoms with Gasteiger partial charge in [0.1, 0.15) is 11.4 Å². The summed E-state index contributed by atoms with van der Waals surface area (Å²) in [4.78, 5) is 21.5. The Kier molecular flexibility index (Phi) is 5.82. The average Bonchev–Trinajstić information content (AvgIpc) is 3.16. The fourth-order valence-electron chi connectivity index (χ4n) is 2.39. The van der Waals surface area contributed by atoms with Crippen molar-refractivity contribution < 1.29 is 27.1 Å². The van der Waals surface area contributed by atoms with Crippen molar-refractivity contribution in [1.82, 2.24) is 14.9 Å². The highest BCUT2D eigenvalue weighted by atomic mass is 32.2. The molecular formula is C16H16F3N3O3S. The number of carbonyl (C=O) groups excluding carboxylic acids is 1. The van der Waals surface area contributed by atoms with E-state index in [4.69, 9.17) is 9.15 Å². The van der Waals surface area contributed by atoms with E-state index in [1.165, 1.54) is 12.3 Å². The van der Waals surface area contributed by atoms with Crippen molar-refractivity contribution in [2.45, 2.75) is 17.8 Å². The predicted molar refractivity (Wildman–Crippen MR) is 87.5 cm³/mol. The fraction of sp³-hybridized carbons (Fsp3) is 0.438. The Balaban J connectivity index is 1.68. The monoisotopic (exact) mass is 387 g/mol. The summed E-state index contributed by atoms with van der Waals surface area (Å²) in [6.45, 7) is 2.07. The number of rotatable bonds is 5. The van der Waals surface area contributed by atoms with Gasteiger partial charge in [0.15, 0.2) is 10.9 Å². The number of morpholine rings is 1. The lowest BCUT2D eigenvalue weighted by Gasteiger charge is -2.26. The molecule has 1 amide bonds. The van der Waals surface area contributed by atoms with Crippen LogP contribution in [0.1, 0.15) is 12.1 Å². The van der Waals surface area contributed by atoms with Gasteiger partial charge in [0.2, 0.25) is 5.91 Å². The first-order valence-corrected chi connectivity index (χ1v) is 8.90. The Morgan fingerprint density at radius 1 is 1.27 bits per heavy atom. The molecule has 2 aromatic rings. The van der Waals surface area contributed by atoms with E-state index in [1.807, 2.05) is 0 Å². The van der Waals surface area contributed by atoms with E-state index in [-0.39, 0.29) is 34.7 Å². The molecule has 0 unspecified atom stereocenters. The van der Waals surface area contributed by atoms with Gasteiger partial charge in [0.25, 0.3) is 0 Å². The third-order valence-electron chi connectivity index (χ3n) is 3.68. The Morgan fingerprint density at radius 3 is 2.69 bits per heavy atom. The predicted octanol–water partition coefficient (Wildman–Crippen LogP) is 3.10. The van der Waals surface area contributed by atoms with E-state index in [1.54, 1.807) is 11.0 Å². The number of alkyl halides is 3. The third kappa shape index (κ3) is 4.76. The Labute approximate surface area is 151 Å². The van der Waals surface area contributed by atoms with Crippen molar-refractivity contribution in [2.75, 3.05) is 32.1 Å². The van der Waals surface area contributed by atoms with E-state index in [2.05, 4.69) is 9.97 Å². The van der Waals surface area contributed by atoms with Gasteiger partial charge in [-0.2, -0.15) is 13.2 Å². The van der Waals surface area contributed by atoms with Gasteiger partial charge in [-0.05, 0) is 18.2 Å². The van der Waals surface area contributed by atoms with Crippen LogP contribution in [0, 0.1) is 0 Å². The zero-order valence-corrected chi connectivity index (χ0v) is 14.5. The molecule has 26 heavy (non-hydrogen) atoms. The average molecular weight is 387 g/mol. The smallest absolute Gasteiger partial charge is 0.433 e. The largest absolute Gasteiger partial charge is 0.463 e. The molecule has 0 saturated carbocycles. The van der Waals surface area contributed by atoms with Crippen LogP contribution in [0.15, 0.2) is 34.0 Å². The van der Waals surface area contributed by atoms with Crippen molar-refractivity contribution in [2.24, 2.45) is 0 Å². The van der Waals surface area contributed by atoms with Crippen LogP contribution >= 0.6 is 11.8 Å². The lowest BCUT2D eigenvalue weighted by atomic mass is 10.2. The van der Waals surface area contributed by atoms with E-state index in [0.717, 1.165) is 17.8 Å². The fourth-order valence-corrected chi connectivity index (χ4v) is 3.17. The van der Waals surface area contributed by atoms with Gasteiger partial charge in [-0.25, -0.2) is 9.97 Å². The third-order valence-corrected chi connectivity index (χ3v) is 4.53. The van der Waals surface area contributed by atoms with Gasteiger partial charge in [-0.15, -0.1) is 0 Å². The SMILES string of the molecule is O=C(CCSc1nc(-c2ccco2)cc(C(F)(F)F)n1)N1CCOCC1. The number of ether oxygens (including phenoxy) is 1. The van der Waals surface area contributed by atoms with Gasteiger partial charge < -0.3 is 14.1 Å². The molecule has 3 rings (SSSR count).